The van der Waals surface area contributed by atoms with Crippen LogP contribution in [0.15, 0.2) is 18.2 Å². The Morgan fingerprint density at radius 3 is 2.58 bits per heavy atom. The van der Waals surface area contributed by atoms with E-state index in [9.17, 15) is 4.39 Å². The lowest BCUT2D eigenvalue weighted by atomic mass is 9.97. The molecule has 0 aliphatic rings. The van der Waals surface area contributed by atoms with Crippen LogP contribution in [-0.4, -0.2) is 6.54 Å². The number of nitrogens with one attached hydrogen (secondary N) is 1. The zero-order valence-electron chi connectivity index (χ0n) is 12.2. The molecule has 1 N–H and O–H groups in total. The number of halogens is 2. The lowest BCUT2D eigenvalue weighted by Crippen LogP contribution is -2.23. The summed E-state index contributed by atoms with van der Waals surface area (Å²) in [5.41, 5.74) is 0.738. The van der Waals surface area contributed by atoms with Gasteiger partial charge < -0.3 is 5.32 Å². The third-order valence-corrected chi connectivity index (χ3v) is 3.49. The standard InChI is InChI=1S/C16H25ClFN/c1-4-10-19-16(7-5-6-12(2)3)14-9-8-13(17)11-15(14)18/h8-9,11-12,16,19H,4-7,10H2,1-3H3. The molecule has 1 unspecified atom stereocenters. The van der Waals surface area contributed by atoms with Crippen molar-refractivity contribution in [3.8, 4) is 0 Å². The van der Waals surface area contributed by atoms with Crippen LogP contribution in [0.25, 0.3) is 0 Å². The van der Waals surface area contributed by atoms with Gasteiger partial charge in [-0.3, -0.25) is 0 Å². The molecule has 1 aromatic carbocycles. The minimum atomic E-state index is -0.203. The van der Waals surface area contributed by atoms with E-state index in [4.69, 9.17) is 11.6 Å². The van der Waals surface area contributed by atoms with E-state index in [-0.39, 0.29) is 11.9 Å². The maximum Gasteiger partial charge on any atom is 0.129 e. The van der Waals surface area contributed by atoms with E-state index in [1.807, 2.05) is 0 Å². The summed E-state index contributed by atoms with van der Waals surface area (Å²) in [7, 11) is 0. The lowest BCUT2D eigenvalue weighted by Gasteiger charge is -2.20. The Hall–Kier alpha value is -0.600. The van der Waals surface area contributed by atoms with Crippen molar-refractivity contribution in [1.29, 1.82) is 0 Å². The van der Waals surface area contributed by atoms with Gasteiger partial charge in [-0.25, -0.2) is 4.39 Å². The van der Waals surface area contributed by atoms with Crippen molar-refractivity contribution in [2.45, 2.75) is 52.5 Å². The van der Waals surface area contributed by atoms with E-state index < -0.39 is 0 Å². The van der Waals surface area contributed by atoms with Crippen molar-refractivity contribution in [3.63, 3.8) is 0 Å². The molecule has 1 aromatic rings. The average Bonchev–Trinajstić information content (AvgIpc) is 2.34. The van der Waals surface area contributed by atoms with Crippen molar-refractivity contribution in [2.75, 3.05) is 6.54 Å². The Labute approximate surface area is 121 Å². The Balaban J connectivity index is 2.71. The average molecular weight is 286 g/mol. The van der Waals surface area contributed by atoms with Gasteiger partial charge in [-0.1, -0.05) is 51.3 Å². The molecular weight excluding hydrogens is 261 g/mol. The highest BCUT2D eigenvalue weighted by molar-refractivity contribution is 6.30. The van der Waals surface area contributed by atoms with Gasteiger partial charge in [0.05, 0.1) is 0 Å². The minimum Gasteiger partial charge on any atom is -0.310 e. The Morgan fingerprint density at radius 2 is 2.00 bits per heavy atom. The van der Waals surface area contributed by atoms with Gasteiger partial charge in [-0.15, -0.1) is 0 Å². The van der Waals surface area contributed by atoms with Gasteiger partial charge >= 0.3 is 0 Å². The summed E-state index contributed by atoms with van der Waals surface area (Å²) < 4.78 is 14.0. The van der Waals surface area contributed by atoms with Crippen molar-refractivity contribution in [2.24, 2.45) is 5.92 Å². The van der Waals surface area contributed by atoms with Crippen molar-refractivity contribution < 1.29 is 4.39 Å². The molecule has 0 spiro atoms. The fraction of sp³-hybridized carbons (Fsp3) is 0.625. The zero-order chi connectivity index (χ0) is 14.3. The van der Waals surface area contributed by atoms with E-state index in [1.165, 1.54) is 12.5 Å². The minimum absolute atomic E-state index is 0.0935. The number of benzene rings is 1. The topological polar surface area (TPSA) is 12.0 Å². The molecule has 0 heterocycles. The maximum atomic E-state index is 14.0. The van der Waals surface area contributed by atoms with E-state index in [1.54, 1.807) is 12.1 Å². The quantitative estimate of drug-likeness (QED) is 0.679. The van der Waals surface area contributed by atoms with Crippen LogP contribution in [0.2, 0.25) is 5.02 Å². The summed E-state index contributed by atoms with van der Waals surface area (Å²) in [4.78, 5) is 0. The van der Waals surface area contributed by atoms with Crippen LogP contribution in [0, 0.1) is 11.7 Å². The maximum absolute atomic E-state index is 14.0. The summed E-state index contributed by atoms with van der Waals surface area (Å²) in [5, 5.41) is 3.89. The van der Waals surface area contributed by atoms with Crippen LogP contribution in [0.1, 0.15) is 58.1 Å². The monoisotopic (exact) mass is 285 g/mol. The molecule has 0 saturated heterocycles. The van der Waals surface area contributed by atoms with Gasteiger partial charge in [0, 0.05) is 16.6 Å². The highest BCUT2D eigenvalue weighted by Gasteiger charge is 2.15. The normalized spacial score (nSPS) is 12.9. The van der Waals surface area contributed by atoms with Gasteiger partial charge in [0.2, 0.25) is 0 Å². The molecule has 3 heteroatoms. The Bertz CT molecular complexity index is 379. The highest BCUT2D eigenvalue weighted by atomic mass is 35.5. The molecule has 0 amide bonds. The first-order chi connectivity index (χ1) is 9.04. The van der Waals surface area contributed by atoms with Gasteiger partial charge in [0.15, 0.2) is 0 Å². The molecule has 0 aliphatic carbocycles. The summed E-state index contributed by atoms with van der Waals surface area (Å²) >= 11 is 5.81. The van der Waals surface area contributed by atoms with Gasteiger partial charge in [0.25, 0.3) is 0 Å². The van der Waals surface area contributed by atoms with Gasteiger partial charge in [-0.2, -0.15) is 0 Å². The molecule has 108 valence electrons. The smallest absolute Gasteiger partial charge is 0.129 e. The molecule has 1 rings (SSSR count). The molecular formula is C16H25ClFN. The van der Waals surface area contributed by atoms with Crippen LogP contribution in [-0.2, 0) is 0 Å². The van der Waals surface area contributed by atoms with E-state index in [0.29, 0.717) is 10.9 Å². The second-order valence-electron chi connectivity index (χ2n) is 5.50. The summed E-state index contributed by atoms with van der Waals surface area (Å²) in [6.07, 6.45) is 4.31. The number of hydrogen-bond donors (Lipinski definition) is 1. The van der Waals surface area contributed by atoms with Gasteiger partial charge in [0.1, 0.15) is 5.82 Å². The molecule has 0 aliphatic heterocycles. The second kappa shape index (κ2) is 8.55. The number of hydrogen-bond acceptors (Lipinski definition) is 1. The molecule has 0 saturated carbocycles. The fourth-order valence-corrected chi connectivity index (χ4v) is 2.36. The third kappa shape index (κ3) is 5.92. The van der Waals surface area contributed by atoms with Crippen LogP contribution in [0.4, 0.5) is 4.39 Å². The predicted molar refractivity (Wildman–Crippen MR) is 81.1 cm³/mol. The van der Waals surface area contributed by atoms with Crippen LogP contribution < -0.4 is 5.32 Å². The molecule has 0 aromatic heterocycles. The highest BCUT2D eigenvalue weighted by Crippen LogP contribution is 2.25. The van der Waals surface area contributed by atoms with E-state index in [2.05, 4.69) is 26.1 Å². The van der Waals surface area contributed by atoms with Crippen molar-refractivity contribution >= 4 is 11.6 Å². The molecule has 19 heavy (non-hydrogen) atoms. The molecule has 0 bridgehead atoms. The predicted octanol–water partition coefficient (Wildman–Crippen LogP) is 5.35. The molecule has 1 atom stereocenters. The summed E-state index contributed by atoms with van der Waals surface area (Å²) in [6, 6.07) is 5.07. The largest absolute Gasteiger partial charge is 0.310 e. The zero-order valence-corrected chi connectivity index (χ0v) is 12.9. The molecule has 0 radical (unpaired) electrons. The molecule has 1 nitrogen and oxygen atoms in total. The first-order valence-electron chi connectivity index (χ1n) is 7.23. The second-order valence-corrected chi connectivity index (χ2v) is 5.93. The first-order valence-corrected chi connectivity index (χ1v) is 7.60. The van der Waals surface area contributed by atoms with Crippen LogP contribution >= 0.6 is 11.6 Å². The van der Waals surface area contributed by atoms with Crippen LogP contribution in [0.5, 0.6) is 0 Å². The third-order valence-electron chi connectivity index (χ3n) is 3.25. The Kier molecular flexibility index (Phi) is 7.40. The van der Waals surface area contributed by atoms with E-state index in [0.717, 1.165) is 31.4 Å². The summed E-state index contributed by atoms with van der Waals surface area (Å²) in [5.74, 6) is 0.493. The SMILES string of the molecule is CCCNC(CCCC(C)C)c1ccc(Cl)cc1F. The fourth-order valence-electron chi connectivity index (χ4n) is 2.20. The van der Waals surface area contributed by atoms with E-state index >= 15 is 0 Å². The molecule has 0 fully saturated rings. The summed E-state index contributed by atoms with van der Waals surface area (Å²) in [6.45, 7) is 7.47. The van der Waals surface area contributed by atoms with Gasteiger partial charge in [-0.05, 0) is 37.4 Å². The number of rotatable bonds is 8. The van der Waals surface area contributed by atoms with Crippen molar-refractivity contribution in [1.82, 2.24) is 5.32 Å². The lowest BCUT2D eigenvalue weighted by molar-refractivity contribution is 0.434. The van der Waals surface area contributed by atoms with Crippen molar-refractivity contribution in [3.05, 3.63) is 34.6 Å². The van der Waals surface area contributed by atoms with Crippen LogP contribution in [0.3, 0.4) is 0 Å². The Morgan fingerprint density at radius 1 is 1.26 bits per heavy atom. The first kappa shape index (κ1) is 16.5.